The maximum Gasteiger partial charge on any atom is 0.257 e. The fourth-order valence-corrected chi connectivity index (χ4v) is 3.27. The predicted octanol–water partition coefficient (Wildman–Crippen LogP) is 4.72. The van der Waals surface area contributed by atoms with E-state index in [0.717, 1.165) is 10.8 Å². The molecule has 0 fully saturated rings. The van der Waals surface area contributed by atoms with E-state index in [-0.39, 0.29) is 5.91 Å². The first-order valence-corrected chi connectivity index (χ1v) is 8.95. The van der Waals surface area contributed by atoms with Crippen molar-refractivity contribution in [3.05, 3.63) is 69.1 Å². The molecule has 5 nitrogen and oxygen atoms in total. The van der Waals surface area contributed by atoms with Gasteiger partial charge in [0.15, 0.2) is 0 Å². The number of halogens is 2. The van der Waals surface area contributed by atoms with Crippen LogP contribution in [0.4, 0.5) is 5.13 Å². The van der Waals surface area contributed by atoms with E-state index in [2.05, 4.69) is 15.5 Å². The molecule has 1 heterocycles. The predicted molar refractivity (Wildman–Crippen MR) is 100.0 cm³/mol. The molecule has 1 aromatic heterocycles. The summed E-state index contributed by atoms with van der Waals surface area (Å²) in [5.41, 5.74) is 0.363. The summed E-state index contributed by atoms with van der Waals surface area (Å²) in [5.74, 6) is 0.464. The number of anilines is 1. The van der Waals surface area contributed by atoms with Gasteiger partial charge >= 0.3 is 0 Å². The second-order valence-corrected chi connectivity index (χ2v) is 6.96. The molecule has 0 unspecified atom stereocenters. The van der Waals surface area contributed by atoms with Gasteiger partial charge in [0.05, 0.1) is 6.61 Å². The summed E-state index contributed by atoms with van der Waals surface area (Å²) in [5, 5.41) is 12.7. The number of para-hydroxylation sites is 1. The number of benzene rings is 2. The van der Waals surface area contributed by atoms with E-state index >= 15 is 0 Å². The summed E-state index contributed by atoms with van der Waals surface area (Å²) in [4.78, 5) is 12.2. The topological polar surface area (TPSA) is 64.1 Å². The molecule has 0 saturated carbocycles. The van der Waals surface area contributed by atoms with Crippen LogP contribution in [0, 0.1) is 0 Å². The molecule has 0 aliphatic carbocycles. The summed E-state index contributed by atoms with van der Waals surface area (Å²) in [6.45, 7) is 0.483. The first kappa shape index (κ1) is 17.7. The van der Waals surface area contributed by atoms with Crippen LogP contribution in [0.2, 0.25) is 10.0 Å². The van der Waals surface area contributed by atoms with E-state index in [0.29, 0.717) is 33.8 Å². The van der Waals surface area contributed by atoms with Gasteiger partial charge in [-0.2, -0.15) is 0 Å². The molecule has 0 bridgehead atoms. The Kier molecular flexibility index (Phi) is 5.86. The van der Waals surface area contributed by atoms with Gasteiger partial charge in [0.1, 0.15) is 10.8 Å². The smallest absolute Gasteiger partial charge is 0.257 e. The van der Waals surface area contributed by atoms with Crippen molar-refractivity contribution in [2.24, 2.45) is 0 Å². The molecule has 3 rings (SSSR count). The first-order chi connectivity index (χ1) is 12.1. The summed E-state index contributed by atoms with van der Waals surface area (Å²) in [6, 6.07) is 14.2. The molecule has 128 valence electrons. The summed E-state index contributed by atoms with van der Waals surface area (Å²) in [7, 11) is 0. The SMILES string of the molecule is O=C(Nc1nnc(CCOc2ccccc2)s1)c1cc(Cl)cc(Cl)c1. The molecular weight excluding hydrogens is 381 g/mol. The average molecular weight is 394 g/mol. The minimum atomic E-state index is -0.340. The van der Waals surface area contributed by atoms with Crippen LogP contribution in [0.25, 0.3) is 0 Å². The molecule has 0 saturated heterocycles. The van der Waals surface area contributed by atoms with E-state index in [1.807, 2.05) is 30.3 Å². The van der Waals surface area contributed by atoms with Crippen molar-refractivity contribution in [1.29, 1.82) is 0 Å². The van der Waals surface area contributed by atoms with Crippen molar-refractivity contribution in [3.63, 3.8) is 0 Å². The molecule has 1 amide bonds. The van der Waals surface area contributed by atoms with E-state index in [1.54, 1.807) is 18.2 Å². The lowest BCUT2D eigenvalue weighted by Crippen LogP contribution is -2.11. The molecule has 8 heteroatoms. The number of ether oxygens (including phenoxy) is 1. The molecular formula is C17H13Cl2N3O2S. The number of hydrogen-bond acceptors (Lipinski definition) is 5. The largest absolute Gasteiger partial charge is 0.493 e. The number of nitrogens with zero attached hydrogens (tertiary/aromatic N) is 2. The first-order valence-electron chi connectivity index (χ1n) is 7.38. The van der Waals surface area contributed by atoms with Crippen LogP contribution in [0.3, 0.4) is 0 Å². The van der Waals surface area contributed by atoms with E-state index < -0.39 is 0 Å². The van der Waals surface area contributed by atoms with Gasteiger partial charge in [-0.15, -0.1) is 10.2 Å². The Balaban J connectivity index is 1.55. The Bertz CT molecular complexity index is 851. The van der Waals surface area contributed by atoms with Crippen molar-refractivity contribution >= 4 is 45.6 Å². The fraction of sp³-hybridized carbons (Fsp3) is 0.118. The quantitative estimate of drug-likeness (QED) is 0.657. The van der Waals surface area contributed by atoms with Crippen molar-refractivity contribution in [2.75, 3.05) is 11.9 Å². The van der Waals surface area contributed by atoms with Gasteiger partial charge < -0.3 is 4.74 Å². The molecule has 25 heavy (non-hydrogen) atoms. The lowest BCUT2D eigenvalue weighted by atomic mass is 10.2. The van der Waals surface area contributed by atoms with Crippen molar-refractivity contribution in [3.8, 4) is 5.75 Å². The number of amides is 1. The van der Waals surface area contributed by atoms with Crippen LogP contribution in [-0.2, 0) is 6.42 Å². The van der Waals surface area contributed by atoms with Gasteiger partial charge in [-0.3, -0.25) is 10.1 Å². The van der Waals surface area contributed by atoms with Crippen LogP contribution in [0.5, 0.6) is 5.75 Å². The van der Waals surface area contributed by atoms with Crippen LogP contribution >= 0.6 is 34.5 Å². The third kappa shape index (κ3) is 5.16. The maximum absolute atomic E-state index is 12.2. The highest BCUT2D eigenvalue weighted by Crippen LogP contribution is 2.21. The maximum atomic E-state index is 12.2. The Morgan fingerprint density at radius 1 is 1.08 bits per heavy atom. The molecule has 0 spiro atoms. The standard InChI is InChI=1S/C17H13Cl2N3O2S/c18-12-8-11(9-13(19)10-12)16(23)20-17-22-21-15(25-17)6-7-24-14-4-2-1-3-5-14/h1-5,8-10H,6-7H2,(H,20,22,23). The van der Waals surface area contributed by atoms with Gasteiger partial charge in [-0.05, 0) is 30.3 Å². The lowest BCUT2D eigenvalue weighted by Gasteiger charge is -2.03. The van der Waals surface area contributed by atoms with Gasteiger partial charge in [0, 0.05) is 22.0 Å². The molecule has 0 atom stereocenters. The van der Waals surface area contributed by atoms with Gasteiger partial charge in [0.2, 0.25) is 5.13 Å². The molecule has 3 aromatic rings. The molecule has 1 N–H and O–H groups in total. The normalized spacial score (nSPS) is 10.5. The average Bonchev–Trinajstić information content (AvgIpc) is 3.02. The van der Waals surface area contributed by atoms with E-state index in [4.69, 9.17) is 27.9 Å². The number of aromatic nitrogens is 2. The number of rotatable bonds is 6. The van der Waals surface area contributed by atoms with Gasteiger partial charge in [-0.1, -0.05) is 52.7 Å². The minimum absolute atomic E-state index is 0.340. The molecule has 0 aliphatic heterocycles. The van der Waals surface area contributed by atoms with Crippen molar-refractivity contribution in [1.82, 2.24) is 10.2 Å². The minimum Gasteiger partial charge on any atom is -0.493 e. The lowest BCUT2D eigenvalue weighted by molar-refractivity contribution is 0.102. The number of hydrogen-bond donors (Lipinski definition) is 1. The molecule has 0 radical (unpaired) electrons. The number of carbonyl (C=O) groups excluding carboxylic acids is 1. The van der Waals surface area contributed by atoms with Gasteiger partial charge in [0.25, 0.3) is 5.91 Å². The Hall–Kier alpha value is -2.15. The van der Waals surface area contributed by atoms with E-state index in [1.165, 1.54) is 11.3 Å². The highest BCUT2D eigenvalue weighted by Gasteiger charge is 2.12. The van der Waals surface area contributed by atoms with Crippen LogP contribution in [0.15, 0.2) is 48.5 Å². The Morgan fingerprint density at radius 3 is 2.52 bits per heavy atom. The zero-order chi connectivity index (χ0) is 17.6. The third-order valence-corrected chi connectivity index (χ3v) is 4.47. The molecule has 2 aromatic carbocycles. The Labute approximate surface area is 158 Å². The highest BCUT2D eigenvalue weighted by atomic mass is 35.5. The molecule has 0 aliphatic rings. The number of nitrogens with one attached hydrogen (secondary N) is 1. The van der Waals surface area contributed by atoms with Crippen molar-refractivity contribution in [2.45, 2.75) is 6.42 Å². The van der Waals surface area contributed by atoms with Crippen molar-refractivity contribution < 1.29 is 9.53 Å². The second kappa shape index (κ2) is 8.29. The Morgan fingerprint density at radius 2 is 1.80 bits per heavy atom. The fourth-order valence-electron chi connectivity index (χ4n) is 2.03. The second-order valence-electron chi connectivity index (χ2n) is 5.02. The zero-order valence-corrected chi connectivity index (χ0v) is 15.2. The summed E-state index contributed by atoms with van der Waals surface area (Å²) < 4.78 is 5.62. The summed E-state index contributed by atoms with van der Waals surface area (Å²) in [6.07, 6.45) is 0.603. The summed E-state index contributed by atoms with van der Waals surface area (Å²) >= 11 is 13.1. The highest BCUT2D eigenvalue weighted by molar-refractivity contribution is 7.15. The van der Waals surface area contributed by atoms with Gasteiger partial charge in [-0.25, -0.2) is 0 Å². The van der Waals surface area contributed by atoms with Crippen LogP contribution < -0.4 is 10.1 Å². The van der Waals surface area contributed by atoms with E-state index in [9.17, 15) is 4.79 Å². The third-order valence-electron chi connectivity index (χ3n) is 3.14. The zero-order valence-electron chi connectivity index (χ0n) is 12.9. The monoisotopic (exact) mass is 393 g/mol. The van der Waals surface area contributed by atoms with Crippen LogP contribution in [-0.4, -0.2) is 22.7 Å². The number of carbonyl (C=O) groups is 1. The van der Waals surface area contributed by atoms with Crippen LogP contribution in [0.1, 0.15) is 15.4 Å².